The minimum Gasteiger partial charge on any atom is -0.493 e. The Labute approximate surface area is 125 Å². The van der Waals surface area contributed by atoms with E-state index in [1.54, 1.807) is 0 Å². The molecule has 1 aromatic rings. The predicted octanol–water partition coefficient (Wildman–Crippen LogP) is 3.09. The molecule has 1 aromatic carbocycles. The highest BCUT2D eigenvalue weighted by molar-refractivity contribution is 5.66. The lowest BCUT2D eigenvalue weighted by molar-refractivity contribution is -0.137. The van der Waals surface area contributed by atoms with Gasteiger partial charge >= 0.3 is 5.97 Å². The van der Waals surface area contributed by atoms with Crippen LogP contribution >= 0.6 is 0 Å². The summed E-state index contributed by atoms with van der Waals surface area (Å²) >= 11 is 0. The minimum atomic E-state index is -0.677. The maximum absolute atomic E-state index is 10.8. The highest BCUT2D eigenvalue weighted by atomic mass is 16.5. The molecule has 21 heavy (non-hydrogen) atoms. The highest BCUT2D eigenvalue weighted by Gasteiger charge is 2.30. The Morgan fingerprint density at radius 3 is 3.05 bits per heavy atom. The number of fused-ring (bicyclic) bond motifs is 1. The number of piperidine rings is 1. The predicted molar refractivity (Wildman–Crippen MR) is 80.5 cm³/mol. The molecule has 2 atom stereocenters. The van der Waals surface area contributed by atoms with Gasteiger partial charge in [-0.05, 0) is 37.8 Å². The molecule has 3 rings (SSSR count). The molecule has 0 amide bonds. The number of ether oxygens (including phenoxy) is 1. The van der Waals surface area contributed by atoms with Gasteiger partial charge in [0.25, 0.3) is 0 Å². The van der Waals surface area contributed by atoms with Crippen molar-refractivity contribution in [1.82, 2.24) is 4.90 Å². The van der Waals surface area contributed by atoms with E-state index in [2.05, 4.69) is 17.0 Å². The fourth-order valence-corrected chi connectivity index (χ4v) is 3.65. The standard InChI is InChI=1S/C17H23NO3/c19-17(20)8-7-13-4-3-10-18(12-13)15-9-11-21-16-6-2-1-5-14(15)16/h1-2,5-6,13,15H,3-4,7-12H2,(H,19,20). The third-order valence-electron chi connectivity index (χ3n) is 4.68. The molecule has 2 aliphatic rings. The smallest absolute Gasteiger partial charge is 0.303 e. The van der Waals surface area contributed by atoms with Crippen molar-refractivity contribution in [2.24, 2.45) is 5.92 Å². The zero-order valence-corrected chi connectivity index (χ0v) is 12.3. The van der Waals surface area contributed by atoms with Crippen molar-refractivity contribution in [3.63, 3.8) is 0 Å². The molecule has 2 aliphatic heterocycles. The van der Waals surface area contributed by atoms with E-state index in [1.807, 2.05) is 12.1 Å². The molecular formula is C17H23NO3. The van der Waals surface area contributed by atoms with E-state index in [4.69, 9.17) is 9.84 Å². The fourth-order valence-electron chi connectivity index (χ4n) is 3.65. The number of rotatable bonds is 4. The summed E-state index contributed by atoms with van der Waals surface area (Å²) < 4.78 is 5.75. The molecule has 0 saturated carbocycles. The Balaban J connectivity index is 1.68. The number of benzene rings is 1. The first-order valence-corrected chi connectivity index (χ1v) is 7.91. The summed E-state index contributed by atoms with van der Waals surface area (Å²) in [5, 5.41) is 8.86. The maximum atomic E-state index is 10.8. The first-order chi connectivity index (χ1) is 10.2. The zero-order valence-electron chi connectivity index (χ0n) is 12.3. The first-order valence-electron chi connectivity index (χ1n) is 7.91. The van der Waals surface area contributed by atoms with Crippen LogP contribution in [0.1, 0.15) is 43.7 Å². The van der Waals surface area contributed by atoms with Gasteiger partial charge in [0, 0.05) is 31.0 Å². The minimum absolute atomic E-state index is 0.295. The normalized spacial score (nSPS) is 25.9. The van der Waals surface area contributed by atoms with E-state index in [-0.39, 0.29) is 0 Å². The second-order valence-corrected chi connectivity index (χ2v) is 6.13. The molecule has 0 radical (unpaired) electrons. The summed E-state index contributed by atoms with van der Waals surface area (Å²) in [6.07, 6.45) is 4.46. The quantitative estimate of drug-likeness (QED) is 0.925. The largest absolute Gasteiger partial charge is 0.493 e. The summed E-state index contributed by atoms with van der Waals surface area (Å²) in [6, 6.07) is 8.75. The Bertz CT molecular complexity index is 503. The number of carboxylic acid groups (broad SMARTS) is 1. The second kappa shape index (κ2) is 6.48. The molecule has 1 saturated heterocycles. The van der Waals surface area contributed by atoms with Crippen molar-refractivity contribution in [2.45, 2.75) is 38.1 Å². The Morgan fingerprint density at radius 2 is 2.19 bits per heavy atom. The van der Waals surface area contributed by atoms with E-state index < -0.39 is 5.97 Å². The third-order valence-corrected chi connectivity index (χ3v) is 4.68. The van der Waals surface area contributed by atoms with Gasteiger partial charge in [0.1, 0.15) is 5.75 Å². The molecule has 4 heteroatoms. The van der Waals surface area contributed by atoms with Crippen LogP contribution in [0, 0.1) is 5.92 Å². The zero-order chi connectivity index (χ0) is 14.7. The van der Waals surface area contributed by atoms with E-state index in [0.29, 0.717) is 18.4 Å². The maximum Gasteiger partial charge on any atom is 0.303 e. The SMILES string of the molecule is O=C(O)CCC1CCCN(C2CCOc3ccccc32)C1. The van der Waals surface area contributed by atoms with Crippen LogP contribution in [0.15, 0.2) is 24.3 Å². The lowest BCUT2D eigenvalue weighted by Gasteiger charge is -2.40. The molecule has 0 aromatic heterocycles. The number of likely N-dealkylation sites (tertiary alicyclic amines) is 1. The van der Waals surface area contributed by atoms with Crippen molar-refractivity contribution in [2.75, 3.05) is 19.7 Å². The van der Waals surface area contributed by atoms with Gasteiger partial charge in [-0.2, -0.15) is 0 Å². The van der Waals surface area contributed by atoms with E-state index in [1.165, 1.54) is 12.0 Å². The number of carboxylic acids is 1. The van der Waals surface area contributed by atoms with E-state index in [0.717, 1.165) is 44.7 Å². The topological polar surface area (TPSA) is 49.8 Å². The van der Waals surface area contributed by atoms with Gasteiger partial charge in [0.05, 0.1) is 6.61 Å². The van der Waals surface area contributed by atoms with Gasteiger partial charge < -0.3 is 9.84 Å². The second-order valence-electron chi connectivity index (χ2n) is 6.13. The van der Waals surface area contributed by atoms with Crippen LogP contribution in [0.25, 0.3) is 0 Å². The van der Waals surface area contributed by atoms with Crippen molar-refractivity contribution in [3.8, 4) is 5.75 Å². The molecule has 0 spiro atoms. The van der Waals surface area contributed by atoms with Gasteiger partial charge in [-0.15, -0.1) is 0 Å². The number of para-hydroxylation sites is 1. The number of carbonyl (C=O) groups is 1. The van der Waals surface area contributed by atoms with Gasteiger partial charge in [-0.25, -0.2) is 0 Å². The van der Waals surface area contributed by atoms with Crippen LogP contribution in [0.4, 0.5) is 0 Å². The van der Waals surface area contributed by atoms with Crippen LogP contribution in [0.3, 0.4) is 0 Å². The lowest BCUT2D eigenvalue weighted by atomic mass is 9.90. The van der Waals surface area contributed by atoms with Crippen LogP contribution in [0.5, 0.6) is 5.75 Å². The van der Waals surface area contributed by atoms with Crippen LogP contribution in [-0.2, 0) is 4.79 Å². The fraction of sp³-hybridized carbons (Fsp3) is 0.588. The Morgan fingerprint density at radius 1 is 1.33 bits per heavy atom. The average Bonchev–Trinajstić information content (AvgIpc) is 2.52. The molecule has 1 fully saturated rings. The van der Waals surface area contributed by atoms with Crippen molar-refractivity contribution >= 4 is 5.97 Å². The molecule has 2 unspecified atom stereocenters. The van der Waals surface area contributed by atoms with Gasteiger partial charge in [0.15, 0.2) is 0 Å². The monoisotopic (exact) mass is 289 g/mol. The molecular weight excluding hydrogens is 266 g/mol. The van der Waals surface area contributed by atoms with E-state index in [9.17, 15) is 4.79 Å². The summed E-state index contributed by atoms with van der Waals surface area (Å²) in [4.78, 5) is 13.3. The molecule has 114 valence electrons. The van der Waals surface area contributed by atoms with Crippen molar-refractivity contribution in [3.05, 3.63) is 29.8 Å². The van der Waals surface area contributed by atoms with Crippen molar-refractivity contribution < 1.29 is 14.6 Å². The van der Waals surface area contributed by atoms with Crippen LogP contribution < -0.4 is 4.74 Å². The number of nitrogens with zero attached hydrogens (tertiary/aromatic N) is 1. The van der Waals surface area contributed by atoms with Gasteiger partial charge in [-0.3, -0.25) is 9.69 Å². The Kier molecular flexibility index (Phi) is 4.44. The molecule has 2 heterocycles. The average molecular weight is 289 g/mol. The van der Waals surface area contributed by atoms with Crippen molar-refractivity contribution in [1.29, 1.82) is 0 Å². The summed E-state index contributed by atoms with van der Waals surface area (Å²) in [7, 11) is 0. The molecule has 0 bridgehead atoms. The summed E-state index contributed by atoms with van der Waals surface area (Å²) in [6.45, 7) is 2.91. The van der Waals surface area contributed by atoms with E-state index >= 15 is 0 Å². The van der Waals surface area contributed by atoms with Crippen LogP contribution in [0.2, 0.25) is 0 Å². The number of hydrogen-bond donors (Lipinski definition) is 1. The van der Waals surface area contributed by atoms with Crippen LogP contribution in [-0.4, -0.2) is 35.7 Å². The summed E-state index contributed by atoms with van der Waals surface area (Å²) in [5.74, 6) is 0.856. The third kappa shape index (κ3) is 3.38. The lowest BCUT2D eigenvalue weighted by Crippen LogP contribution is -2.40. The first kappa shape index (κ1) is 14.4. The molecule has 1 N–H and O–H groups in total. The summed E-state index contributed by atoms with van der Waals surface area (Å²) in [5.41, 5.74) is 1.29. The number of aliphatic carboxylic acids is 1. The Hall–Kier alpha value is -1.55. The highest BCUT2D eigenvalue weighted by Crippen LogP contribution is 2.38. The van der Waals surface area contributed by atoms with Gasteiger partial charge in [0.2, 0.25) is 0 Å². The van der Waals surface area contributed by atoms with Gasteiger partial charge in [-0.1, -0.05) is 18.2 Å². The molecule has 4 nitrogen and oxygen atoms in total. The molecule has 0 aliphatic carbocycles. The number of hydrogen-bond acceptors (Lipinski definition) is 3.